The summed E-state index contributed by atoms with van der Waals surface area (Å²) >= 11 is 0. The van der Waals surface area contributed by atoms with Crippen molar-refractivity contribution < 1.29 is 5.11 Å². The quantitative estimate of drug-likeness (QED) is 0.794. The second-order valence-electron chi connectivity index (χ2n) is 4.49. The van der Waals surface area contributed by atoms with Gasteiger partial charge in [-0.2, -0.15) is 0 Å². The van der Waals surface area contributed by atoms with Crippen LogP contribution in [0.15, 0.2) is 18.2 Å². The van der Waals surface area contributed by atoms with Crippen LogP contribution in [0.2, 0.25) is 0 Å². The molecule has 3 N–H and O–H groups in total. The number of phenolic OH excluding ortho intramolecular Hbond substituents is 1. The van der Waals surface area contributed by atoms with Crippen molar-refractivity contribution >= 4 is 0 Å². The van der Waals surface area contributed by atoms with Crippen molar-refractivity contribution in [1.29, 1.82) is 0 Å². The third-order valence-electron chi connectivity index (χ3n) is 3.22. The number of aromatic hydroxyl groups is 1. The Labute approximate surface area is 91.1 Å². The number of hydrogen-bond donors (Lipinski definition) is 2. The Balaban J connectivity index is 2.17. The van der Waals surface area contributed by atoms with Crippen LogP contribution in [-0.2, 0) is 6.42 Å². The van der Waals surface area contributed by atoms with Gasteiger partial charge in [-0.25, -0.2) is 0 Å². The molecule has 0 spiro atoms. The topological polar surface area (TPSA) is 46.2 Å². The highest BCUT2D eigenvalue weighted by molar-refractivity contribution is 5.42. The molecule has 82 valence electrons. The van der Waals surface area contributed by atoms with Crippen molar-refractivity contribution in [3.8, 4) is 5.75 Å². The molecule has 2 nitrogen and oxygen atoms in total. The maximum absolute atomic E-state index is 10.0. The number of para-hydroxylation sites is 1. The standard InChI is InChI=1S/C13H19NO/c1-2-10-4-3-5-11(13(10)15)12(14)8-9-6-7-9/h3-5,9,12,15H,2,6-8,14H2,1H3/t12-/m0/s1. The lowest BCUT2D eigenvalue weighted by Crippen LogP contribution is -2.11. The van der Waals surface area contributed by atoms with Gasteiger partial charge < -0.3 is 10.8 Å². The van der Waals surface area contributed by atoms with Gasteiger partial charge in [-0.15, -0.1) is 0 Å². The number of aryl methyl sites for hydroxylation is 1. The molecule has 1 atom stereocenters. The maximum Gasteiger partial charge on any atom is 0.123 e. The minimum Gasteiger partial charge on any atom is -0.507 e. The summed E-state index contributed by atoms with van der Waals surface area (Å²) in [5.74, 6) is 1.21. The first-order valence-corrected chi connectivity index (χ1v) is 5.78. The van der Waals surface area contributed by atoms with Crippen LogP contribution in [0.3, 0.4) is 0 Å². The number of nitrogens with two attached hydrogens (primary N) is 1. The molecule has 0 amide bonds. The molecule has 0 radical (unpaired) electrons. The van der Waals surface area contributed by atoms with Gasteiger partial charge >= 0.3 is 0 Å². The predicted octanol–water partition coefficient (Wildman–Crippen LogP) is 2.75. The molecule has 1 aliphatic carbocycles. The summed E-state index contributed by atoms with van der Waals surface area (Å²) in [7, 11) is 0. The van der Waals surface area contributed by atoms with Crippen LogP contribution in [-0.4, -0.2) is 5.11 Å². The van der Waals surface area contributed by atoms with Crippen LogP contribution in [0.4, 0.5) is 0 Å². The van der Waals surface area contributed by atoms with Gasteiger partial charge in [0.15, 0.2) is 0 Å². The molecule has 0 aromatic heterocycles. The number of benzene rings is 1. The molecule has 1 saturated carbocycles. The van der Waals surface area contributed by atoms with Crippen LogP contribution < -0.4 is 5.73 Å². The van der Waals surface area contributed by atoms with Crippen molar-refractivity contribution in [2.75, 3.05) is 0 Å². The van der Waals surface area contributed by atoms with Crippen molar-refractivity contribution in [3.05, 3.63) is 29.3 Å². The fraction of sp³-hybridized carbons (Fsp3) is 0.538. The van der Waals surface area contributed by atoms with Gasteiger partial charge in [0.25, 0.3) is 0 Å². The maximum atomic E-state index is 10.0. The molecular weight excluding hydrogens is 186 g/mol. The Morgan fingerprint density at radius 2 is 2.20 bits per heavy atom. The summed E-state index contributed by atoms with van der Waals surface area (Å²) < 4.78 is 0. The summed E-state index contributed by atoms with van der Waals surface area (Å²) in [5.41, 5.74) is 8.02. The van der Waals surface area contributed by atoms with Crippen molar-refractivity contribution in [2.24, 2.45) is 11.7 Å². The number of phenols is 1. The zero-order valence-corrected chi connectivity index (χ0v) is 9.24. The average molecular weight is 205 g/mol. The Morgan fingerprint density at radius 3 is 2.80 bits per heavy atom. The first-order valence-electron chi connectivity index (χ1n) is 5.78. The Bertz CT molecular complexity index is 344. The van der Waals surface area contributed by atoms with E-state index in [0.29, 0.717) is 5.75 Å². The smallest absolute Gasteiger partial charge is 0.123 e. The third-order valence-corrected chi connectivity index (χ3v) is 3.22. The van der Waals surface area contributed by atoms with Gasteiger partial charge in [-0.3, -0.25) is 0 Å². The molecule has 15 heavy (non-hydrogen) atoms. The fourth-order valence-electron chi connectivity index (χ4n) is 2.04. The van der Waals surface area contributed by atoms with E-state index in [9.17, 15) is 5.11 Å². The molecule has 1 aromatic carbocycles. The monoisotopic (exact) mass is 205 g/mol. The van der Waals surface area contributed by atoms with Crippen molar-refractivity contribution in [1.82, 2.24) is 0 Å². The van der Waals surface area contributed by atoms with E-state index < -0.39 is 0 Å². The van der Waals surface area contributed by atoms with Gasteiger partial charge in [-0.1, -0.05) is 38.0 Å². The van der Waals surface area contributed by atoms with Gasteiger partial charge in [0.1, 0.15) is 5.75 Å². The summed E-state index contributed by atoms with van der Waals surface area (Å²) in [6, 6.07) is 5.90. The largest absolute Gasteiger partial charge is 0.507 e. The number of hydrogen-bond acceptors (Lipinski definition) is 2. The third kappa shape index (κ3) is 2.32. The molecule has 1 aromatic rings. The predicted molar refractivity (Wildman–Crippen MR) is 61.8 cm³/mol. The second kappa shape index (κ2) is 4.23. The molecule has 0 aliphatic heterocycles. The molecule has 0 heterocycles. The SMILES string of the molecule is CCc1cccc([C@@H](N)CC2CC2)c1O. The van der Waals surface area contributed by atoms with Crippen LogP contribution >= 0.6 is 0 Å². The summed E-state index contributed by atoms with van der Waals surface area (Å²) in [5, 5.41) is 10.0. The van der Waals surface area contributed by atoms with Gasteiger partial charge in [0.05, 0.1) is 0 Å². The molecule has 1 aliphatic rings. The average Bonchev–Trinajstić information content (AvgIpc) is 3.02. The summed E-state index contributed by atoms with van der Waals surface area (Å²) in [6.45, 7) is 2.05. The lowest BCUT2D eigenvalue weighted by atomic mass is 9.98. The zero-order chi connectivity index (χ0) is 10.8. The Morgan fingerprint density at radius 1 is 1.47 bits per heavy atom. The number of rotatable bonds is 4. The van der Waals surface area contributed by atoms with E-state index >= 15 is 0 Å². The Hall–Kier alpha value is -1.02. The minimum absolute atomic E-state index is 0.00370. The van der Waals surface area contributed by atoms with E-state index in [1.54, 1.807) is 0 Å². The van der Waals surface area contributed by atoms with Gasteiger partial charge in [0, 0.05) is 11.6 Å². The minimum atomic E-state index is 0.00370. The molecule has 0 saturated heterocycles. The van der Waals surface area contributed by atoms with Gasteiger partial charge in [0.2, 0.25) is 0 Å². The molecule has 0 unspecified atom stereocenters. The lowest BCUT2D eigenvalue weighted by molar-refractivity contribution is 0.449. The van der Waals surface area contributed by atoms with E-state index in [-0.39, 0.29) is 6.04 Å². The van der Waals surface area contributed by atoms with Crippen molar-refractivity contribution in [3.63, 3.8) is 0 Å². The normalized spacial score (nSPS) is 17.7. The second-order valence-corrected chi connectivity index (χ2v) is 4.49. The molecular formula is C13H19NO. The molecule has 1 fully saturated rings. The summed E-state index contributed by atoms with van der Waals surface area (Å²) in [6.07, 6.45) is 4.49. The first kappa shape index (κ1) is 10.5. The highest BCUT2D eigenvalue weighted by Crippen LogP contribution is 2.39. The van der Waals surface area contributed by atoms with E-state index in [4.69, 9.17) is 5.73 Å². The van der Waals surface area contributed by atoms with Crippen molar-refractivity contribution in [2.45, 2.75) is 38.6 Å². The van der Waals surface area contributed by atoms with Crippen LogP contribution in [0.1, 0.15) is 43.4 Å². The highest BCUT2D eigenvalue weighted by atomic mass is 16.3. The van der Waals surface area contributed by atoms with Crippen LogP contribution in [0, 0.1) is 5.92 Å². The lowest BCUT2D eigenvalue weighted by Gasteiger charge is -2.15. The van der Waals surface area contributed by atoms with E-state index in [0.717, 1.165) is 29.9 Å². The van der Waals surface area contributed by atoms with E-state index in [2.05, 4.69) is 0 Å². The first-order chi connectivity index (χ1) is 7.22. The molecule has 2 rings (SSSR count). The molecule has 0 bridgehead atoms. The van der Waals surface area contributed by atoms with E-state index in [1.165, 1.54) is 12.8 Å². The summed E-state index contributed by atoms with van der Waals surface area (Å²) in [4.78, 5) is 0. The van der Waals surface area contributed by atoms with Gasteiger partial charge in [-0.05, 0) is 24.3 Å². The Kier molecular flexibility index (Phi) is 2.96. The zero-order valence-electron chi connectivity index (χ0n) is 9.24. The molecule has 2 heteroatoms. The fourth-order valence-corrected chi connectivity index (χ4v) is 2.04. The highest BCUT2D eigenvalue weighted by Gasteiger charge is 2.25. The van der Waals surface area contributed by atoms with Crippen LogP contribution in [0.25, 0.3) is 0 Å². The van der Waals surface area contributed by atoms with Crippen LogP contribution in [0.5, 0.6) is 5.75 Å². The van der Waals surface area contributed by atoms with E-state index in [1.807, 2.05) is 25.1 Å².